The van der Waals surface area contributed by atoms with Gasteiger partial charge in [-0.25, -0.2) is 9.59 Å². The van der Waals surface area contributed by atoms with Gasteiger partial charge in [0.15, 0.2) is 0 Å². The zero-order valence-corrected chi connectivity index (χ0v) is 20.1. The number of amides is 4. The Morgan fingerprint density at radius 2 is 1.62 bits per heavy atom. The van der Waals surface area contributed by atoms with Gasteiger partial charge in [-0.15, -0.1) is 11.3 Å². The number of benzene rings is 1. The van der Waals surface area contributed by atoms with Gasteiger partial charge in [0.2, 0.25) is 0 Å². The smallest absolute Gasteiger partial charge is 0.342 e. The average Bonchev–Trinajstić information content (AvgIpc) is 3.57. The monoisotopic (exact) mass is 482 g/mol. The van der Waals surface area contributed by atoms with Gasteiger partial charge < -0.3 is 10.6 Å². The molecule has 1 aliphatic carbocycles. The van der Waals surface area contributed by atoms with Crippen molar-refractivity contribution in [3.05, 3.63) is 58.3 Å². The molecule has 0 bridgehead atoms. The summed E-state index contributed by atoms with van der Waals surface area (Å²) in [7, 11) is 0. The number of imide groups is 1. The summed E-state index contributed by atoms with van der Waals surface area (Å²) in [5, 5.41) is 7.55. The van der Waals surface area contributed by atoms with Crippen LogP contribution in [0.1, 0.15) is 60.2 Å². The molecule has 2 N–H and O–H groups in total. The van der Waals surface area contributed by atoms with Crippen LogP contribution in [0.3, 0.4) is 0 Å². The summed E-state index contributed by atoms with van der Waals surface area (Å²) in [6.45, 7) is 0.575. The predicted molar refractivity (Wildman–Crippen MR) is 130 cm³/mol. The number of thiophene rings is 1. The van der Waals surface area contributed by atoms with Crippen molar-refractivity contribution in [2.75, 3.05) is 13.1 Å². The molecule has 2 aromatic rings. The lowest BCUT2D eigenvalue weighted by Crippen LogP contribution is -2.65. The number of carbonyl (C=O) groups is 4. The highest BCUT2D eigenvalue weighted by molar-refractivity contribution is 7.12. The topological polar surface area (TPSA) is 92.3 Å². The van der Waals surface area contributed by atoms with Gasteiger partial charge in [0.1, 0.15) is 6.04 Å². The van der Waals surface area contributed by atoms with Gasteiger partial charge in [0, 0.05) is 25.3 Å². The molecule has 2 fully saturated rings. The van der Waals surface area contributed by atoms with E-state index >= 15 is 0 Å². The van der Waals surface area contributed by atoms with E-state index < -0.39 is 28.2 Å². The van der Waals surface area contributed by atoms with Gasteiger partial charge in [-0.05, 0) is 29.9 Å². The highest BCUT2D eigenvalue weighted by Gasteiger charge is 2.53. The highest BCUT2D eigenvalue weighted by atomic mass is 32.1. The number of quaternary nitrogens is 1. The quantitative estimate of drug-likeness (QED) is 0.489. The van der Waals surface area contributed by atoms with E-state index in [9.17, 15) is 19.2 Å². The minimum absolute atomic E-state index is 0.0124. The summed E-state index contributed by atoms with van der Waals surface area (Å²) in [6, 6.07) is 12.0. The molecule has 34 heavy (non-hydrogen) atoms. The first kappa shape index (κ1) is 24.3. The van der Waals surface area contributed by atoms with Crippen LogP contribution in [-0.4, -0.2) is 53.3 Å². The molecule has 8 heteroatoms. The Kier molecular flexibility index (Phi) is 7.90. The van der Waals surface area contributed by atoms with Crippen LogP contribution in [0, 0.1) is 0 Å². The molecule has 1 aliphatic heterocycles. The summed E-state index contributed by atoms with van der Waals surface area (Å²) in [6.07, 6.45) is 6.56. The van der Waals surface area contributed by atoms with E-state index in [2.05, 4.69) is 10.6 Å². The van der Waals surface area contributed by atoms with E-state index in [1.54, 1.807) is 17.5 Å². The molecule has 1 aromatic heterocycles. The molecule has 180 valence electrons. The molecule has 1 atom stereocenters. The maximum atomic E-state index is 14.0. The van der Waals surface area contributed by atoms with E-state index in [0.29, 0.717) is 17.7 Å². The average molecular weight is 483 g/mol. The Morgan fingerprint density at radius 1 is 0.912 bits per heavy atom. The number of carbonyl (C=O) groups excluding carboxylic acids is 4. The Balaban J connectivity index is 1.57. The first-order valence-electron chi connectivity index (χ1n) is 12.1. The Morgan fingerprint density at radius 3 is 2.26 bits per heavy atom. The number of hydrogen-bond acceptors (Lipinski definition) is 5. The van der Waals surface area contributed by atoms with Crippen LogP contribution in [-0.2, 0) is 20.8 Å². The zero-order chi connectivity index (χ0) is 24.0. The van der Waals surface area contributed by atoms with Crippen molar-refractivity contribution in [3.8, 4) is 0 Å². The molecule has 0 radical (unpaired) electrons. The lowest BCUT2D eigenvalue weighted by molar-refractivity contribution is -0.762. The molecule has 4 amide bonds. The molecule has 0 spiro atoms. The van der Waals surface area contributed by atoms with Gasteiger partial charge in [0.25, 0.3) is 5.91 Å². The van der Waals surface area contributed by atoms with E-state index in [0.717, 1.165) is 37.7 Å². The van der Waals surface area contributed by atoms with E-state index in [1.165, 1.54) is 11.3 Å². The van der Waals surface area contributed by atoms with Crippen molar-refractivity contribution in [3.63, 3.8) is 0 Å². The summed E-state index contributed by atoms with van der Waals surface area (Å²) in [5.74, 6) is -2.13. The van der Waals surface area contributed by atoms with Gasteiger partial charge >= 0.3 is 17.7 Å². The van der Waals surface area contributed by atoms with E-state index in [-0.39, 0.29) is 31.5 Å². The summed E-state index contributed by atoms with van der Waals surface area (Å²) < 4.78 is -0.527. The molecule has 1 unspecified atom stereocenters. The van der Waals surface area contributed by atoms with Crippen LogP contribution in [0.4, 0.5) is 0 Å². The Hall–Kier alpha value is -2.84. The second-order valence-electron chi connectivity index (χ2n) is 9.27. The van der Waals surface area contributed by atoms with Crippen molar-refractivity contribution in [2.45, 2.75) is 63.5 Å². The first-order valence-corrected chi connectivity index (χ1v) is 13.0. The molecule has 2 aliphatic rings. The second kappa shape index (κ2) is 11.1. The minimum atomic E-state index is -0.915. The molecule has 1 aromatic carbocycles. The highest BCUT2D eigenvalue weighted by Crippen LogP contribution is 2.25. The van der Waals surface area contributed by atoms with Gasteiger partial charge in [-0.3, -0.25) is 9.59 Å². The third-order valence-electron chi connectivity index (χ3n) is 6.91. The van der Waals surface area contributed by atoms with Crippen molar-refractivity contribution in [1.29, 1.82) is 0 Å². The van der Waals surface area contributed by atoms with Crippen LogP contribution in [0.15, 0.2) is 47.8 Å². The van der Waals surface area contributed by atoms with Crippen LogP contribution < -0.4 is 10.6 Å². The van der Waals surface area contributed by atoms with Gasteiger partial charge in [-0.2, -0.15) is 4.48 Å². The molecule has 1 saturated heterocycles. The SMILES string of the molecule is O=C(NC1CCCCC1)C(=O)[N+]1(C(=O)C(Cc2ccccc2)NC(=O)c2cccs2)CCCC1. The van der Waals surface area contributed by atoms with E-state index in [4.69, 9.17) is 0 Å². The predicted octanol–water partition coefficient (Wildman–Crippen LogP) is 3.20. The molecular formula is C26H32N3O4S+. The summed E-state index contributed by atoms with van der Waals surface area (Å²) in [5.41, 5.74) is 0.879. The van der Waals surface area contributed by atoms with Crippen LogP contribution in [0.25, 0.3) is 0 Å². The van der Waals surface area contributed by atoms with Crippen LogP contribution >= 0.6 is 11.3 Å². The first-order chi connectivity index (χ1) is 16.5. The molecule has 7 nitrogen and oxygen atoms in total. The van der Waals surface area contributed by atoms with Crippen molar-refractivity contribution in [1.82, 2.24) is 10.6 Å². The Labute approximate surface area is 204 Å². The van der Waals surface area contributed by atoms with Crippen molar-refractivity contribution < 1.29 is 23.7 Å². The summed E-state index contributed by atoms with van der Waals surface area (Å²) >= 11 is 1.29. The normalized spacial score (nSPS) is 18.7. The van der Waals surface area contributed by atoms with Crippen molar-refractivity contribution >= 4 is 35.0 Å². The number of nitrogens with zero attached hydrogens (tertiary/aromatic N) is 1. The molecule has 4 rings (SSSR count). The number of nitrogens with one attached hydrogen (secondary N) is 2. The lowest BCUT2D eigenvalue weighted by atomic mass is 9.95. The molecule has 1 saturated carbocycles. The largest absolute Gasteiger partial charge is 0.411 e. The van der Waals surface area contributed by atoms with Crippen LogP contribution in [0.5, 0.6) is 0 Å². The number of likely N-dealkylation sites (tertiary alicyclic amines) is 1. The van der Waals surface area contributed by atoms with Gasteiger partial charge in [0.05, 0.1) is 18.0 Å². The fourth-order valence-corrected chi connectivity index (χ4v) is 5.70. The lowest BCUT2D eigenvalue weighted by Gasteiger charge is -2.32. The second-order valence-corrected chi connectivity index (χ2v) is 10.2. The maximum Gasteiger partial charge on any atom is 0.411 e. The fourth-order valence-electron chi connectivity index (χ4n) is 5.07. The van der Waals surface area contributed by atoms with Crippen molar-refractivity contribution in [2.24, 2.45) is 0 Å². The number of rotatable bonds is 6. The zero-order valence-electron chi connectivity index (χ0n) is 19.3. The number of hydrogen-bond donors (Lipinski definition) is 2. The van der Waals surface area contributed by atoms with Crippen LogP contribution in [0.2, 0.25) is 0 Å². The molecule has 2 heterocycles. The standard InChI is InChI=1S/C26H31N3O4S/c30-23(22-14-9-17-34-22)28-21(18-19-10-3-1-4-11-19)25(32)29(15-7-8-16-29)26(33)24(31)27-20-12-5-2-6-13-20/h1,3-4,9-11,14,17,20-21H,2,5-8,12-13,15-16,18H2,(H-,27,28,30,31)/p+1. The fraction of sp³-hybridized carbons (Fsp3) is 0.462. The third-order valence-corrected chi connectivity index (χ3v) is 7.77. The van der Waals surface area contributed by atoms with Gasteiger partial charge in [-0.1, -0.05) is 55.7 Å². The summed E-state index contributed by atoms with van der Waals surface area (Å²) in [4.78, 5) is 53.8. The minimum Gasteiger partial charge on any atom is -0.342 e. The Bertz CT molecular complexity index is 1010. The van der Waals surface area contributed by atoms with E-state index in [1.807, 2.05) is 30.3 Å². The third kappa shape index (κ3) is 5.45. The maximum absolute atomic E-state index is 14.0. The molecular weight excluding hydrogens is 450 g/mol.